The number of methoxy groups -OCH3 is 2. The van der Waals surface area contributed by atoms with Crippen LogP contribution in [0.25, 0.3) is 0 Å². The maximum absolute atomic E-state index is 12.9. The molecule has 0 aliphatic carbocycles. The first kappa shape index (κ1) is 24.7. The molecule has 1 N–H and O–H groups in total. The molecule has 1 atom stereocenters. The van der Waals surface area contributed by atoms with E-state index in [0.717, 1.165) is 31.2 Å². The number of halogens is 4. The number of benzene rings is 2. The average Bonchev–Trinajstić information content (AvgIpc) is 2.72. The van der Waals surface area contributed by atoms with Gasteiger partial charge in [0.2, 0.25) is 0 Å². The van der Waals surface area contributed by atoms with Crippen LogP contribution < -0.4 is 14.8 Å². The van der Waals surface area contributed by atoms with Crippen molar-refractivity contribution in [3.63, 3.8) is 0 Å². The van der Waals surface area contributed by atoms with Crippen molar-refractivity contribution in [2.24, 2.45) is 0 Å². The molecule has 0 aromatic heterocycles. The van der Waals surface area contributed by atoms with Crippen LogP contribution in [0, 0.1) is 10.1 Å². The van der Waals surface area contributed by atoms with Crippen molar-refractivity contribution in [1.82, 2.24) is 0 Å². The second kappa shape index (κ2) is 9.73. The van der Waals surface area contributed by atoms with Crippen molar-refractivity contribution in [2.45, 2.75) is 19.2 Å². The predicted molar refractivity (Wildman–Crippen MR) is 106 cm³/mol. The van der Waals surface area contributed by atoms with Crippen LogP contribution in [0.15, 0.2) is 30.3 Å². The van der Waals surface area contributed by atoms with Gasteiger partial charge >= 0.3 is 12.1 Å². The largest absolute Gasteiger partial charge is 0.493 e. The average molecular weight is 477 g/mol. The van der Waals surface area contributed by atoms with E-state index in [1.54, 1.807) is 0 Å². The normalized spacial score (nSPS) is 12.0. The van der Waals surface area contributed by atoms with Crippen LogP contribution in [-0.2, 0) is 15.7 Å². The standard InChI is InChI=1S/C19H16ClF3N2O7/c1-9(17(26)24-13-6-10(19(21,22)23)4-5-12(13)20)32-18(27)11-7-15(30-2)16(31-3)8-14(11)25(28)29/h4-9H,1-3H3,(H,24,26). The number of hydrogen-bond acceptors (Lipinski definition) is 7. The maximum Gasteiger partial charge on any atom is 0.416 e. The van der Waals surface area contributed by atoms with Crippen molar-refractivity contribution in [1.29, 1.82) is 0 Å². The maximum atomic E-state index is 12.9. The first-order valence-corrected chi connectivity index (χ1v) is 9.05. The number of alkyl halides is 3. The smallest absolute Gasteiger partial charge is 0.416 e. The number of anilines is 1. The molecule has 0 saturated heterocycles. The van der Waals surface area contributed by atoms with Crippen LogP contribution in [-0.4, -0.2) is 37.1 Å². The molecule has 0 fully saturated rings. The van der Waals surface area contributed by atoms with Crippen LogP contribution >= 0.6 is 11.6 Å². The predicted octanol–water partition coefficient (Wildman–Crippen LogP) is 4.47. The van der Waals surface area contributed by atoms with Crippen LogP contribution in [0.4, 0.5) is 24.5 Å². The molecule has 1 amide bonds. The van der Waals surface area contributed by atoms with Gasteiger partial charge in [-0.05, 0) is 25.1 Å². The van der Waals surface area contributed by atoms with Crippen molar-refractivity contribution in [2.75, 3.05) is 19.5 Å². The van der Waals surface area contributed by atoms with Gasteiger partial charge in [0.15, 0.2) is 17.6 Å². The second-order valence-corrected chi connectivity index (χ2v) is 6.62. The fraction of sp³-hybridized carbons (Fsp3) is 0.263. The molecule has 2 aromatic rings. The van der Waals surface area contributed by atoms with Gasteiger partial charge in [0.1, 0.15) is 5.56 Å². The molecule has 0 saturated carbocycles. The Morgan fingerprint density at radius 3 is 2.25 bits per heavy atom. The Bertz CT molecular complexity index is 1060. The molecule has 2 aromatic carbocycles. The molecule has 32 heavy (non-hydrogen) atoms. The van der Waals surface area contributed by atoms with Gasteiger partial charge in [-0.15, -0.1) is 0 Å². The van der Waals surface area contributed by atoms with Crippen molar-refractivity contribution < 1.29 is 41.9 Å². The second-order valence-electron chi connectivity index (χ2n) is 6.21. The number of esters is 1. The Hall–Kier alpha value is -3.54. The summed E-state index contributed by atoms with van der Waals surface area (Å²) in [5, 5.41) is 13.3. The number of nitrogens with zero attached hydrogens (tertiary/aromatic N) is 1. The highest BCUT2D eigenvalue weighted by Crippen LogP contribution is 2.36. The van der Waals surface area contributed by atoms with E-state index in [1.807, 2.05) is 0 Å². The van der Waals surface area contributed by atoms with E-state index in [1.165, 1.54) is 14.2 Å². The van der Waals surface area contributed by atoms with Crippen LogP contribution in [0.5, 0.6) is 11.5 Å². The van der Waals surface area contributed by atoms with Crippen molar-refractivity contribution >= 4 is 34.9 Å². The fourth-order valence-corrected chi connectivity index (χ4v) is 2.66. The number of nitrogens with one attached hydrogen (secondary N) is 1. The third kappa shape index (κ3) is 5.58. The zero-order valence-corrected chi connectivity index (χ0v) is 17.5. The lowest BCUT2D eigenvalue weighted by Gasteiger charge is -2.16. The minimum Gasteiger partial charge on any atom is -0.493 e. The summed E-state index contributed by atoms with van der Waals surface area (Å²) in [6.07, 6.45) is -6.21. The summed E-state index contributed by atoms with van der Waals surface area (Å²) < 4.78 is 53.5. The van der Waals surface area contributed by atoms with Gasteiger partial charge in [-0.3, -0.25) is 14.9 Å². The van der Waals surface area contributed by atoms with Gasteiger partial charge in [0.05, 0.1) is 41.5 Å². The number of carbonyl (C=O) groups excluding carboxylic acids is 2. The number of hydrogen-bond donors (Lipinski definition) is 1. The topological polar surface area (TPSA) is 117 Å². The molecule has 9 nitrogen and oxygen atoms in total. The van der Waals surface area contributed by atoms with E-state index < -0.39 is 45.9 Å². The molecule has 0 aliphatic rings. The summed E-state index contributed by atoms with van der Waals surface area (Å²) >= 11 is 5.82. The lowest BCUT2D eigenvalue weighted by atomic mass is 10.1. The van der Waals surface area contributed by atoms with E-state index in [-0.39, 0.29) is 22.2 Å². The molecule has 13 heteroatoms. The molecule has 1 unspecified atom stereocenters. The molecule has 0 radical (unpaired) electrons. The van der Waals surface area contributed by atoms with Crippen molar-refractivity contribution in [3.8, 4) is 11.5 Å². The van der Waals surface area contributed by atoms with Crippen molar-refractivity contribution in [3.05, 3.63) is 56.6 Å². The minimum atomic E-state index is -4.67. The third-order valence-corrected chi connectivity index (χ3v) is 4.45. The number of nitro benzene ring substituents is 1. The third-order valence-electron chi connectivity index (χ3n) is 4.12. The first-order valence-electron chi connectivity index (χ1n) is 8.68. The van der Waals surface area contributed by atoms with Gasteiger partial charge in [0, 0.05) is 6.07 Å². The Labute approximate surface area is 184 Å². The van der Waals surface area contributed by atoms with Crippen LogP contribution in [0.2, 0.25) is 5.02 Å². The summed E-state index contributed by atoms with van der Waals surface area (Å²) in [6.45, 7) is 1.13. The number of nitro groups is 1. The first-order chi connectivity index (χ1) is 14.9. The van der Waals surface area contributed by atoms with Gasteiger partial charge in [0.25, 0.3) is 11.6 Å². The molecule has 0 heterocycles. The van der Waals surface area contributed by atoms with Gasteiger partial charge in [-0.2, -0.15) is 13.2 Å². The van der Waals surface area contributed by atoms with E-state index in [2.05, 4.69) is 5.32 Å². The highest BCUT2D eigenvalue weighted by molar-refractivity contribution is 6.33. The quantitative estimate of drug-likeness (QED) is 0.356. The lowest BCUT2D eigenvalue weighted by Crippen LogP contribution is -2.30. The fourth-order valence-electron chi connectivity index (χ4n) is 2.49. The molecule has 2 rings (SSSR count). The van der Waals surface area contributed by atoms with Gasteiger partial charge in [-0.1, -0.05) is 11.6 Å². The van der Waals surface area contributed by atoms with E-state index in [0.29, 0.717) is 6.07 Å². The van der Waals surface area contributed by atoms with Gasteiger partial charge in [-0.25, -0.2) is 4.79 Å². The van der Waals surface area contributed by atoms with E-state index >= 15 is 0 Å². The van der Waals surface area contributed by atoms with Gasteiger partial charge < -0.3 is 19.5 Å². The summed E-state index contributed by atoms with van der Waals surface area (Å²) in [7, 11) is 2.48. The van der Waals surface area contributed by atoms with E-state index in [4.69, 9.17) is 25.8 Å². The SMILES string of the molecule is COc1cc(C(=O)OC(C)C(=O)Nc2cc(C(F)(F)F)ccc2Cl)c([N+](=O)[O-])cc1OC. The Kier molecular flexibility index (Phi) is 7.52. The minimum absolute atomic E-state index is 0.00194. The number of carbonyl (C=O) groups is 2. The number of amides is 1. The lowest BCUT2D eigenvalue weighted by molar-refractivity contribution is -0.385. The Balaban J connectivity index is 2.25. The van der Waals surface area contributed by atoms with Crippen LogP contribution in [0.1, 0.15) is 22.8 Å². The Morgan fingerprint density at radius 2 is 1.72 bits per heavy atom. The summed E-state index contributed by atoms with van der Waals surface area (Å²) in [5.74, 6) is -2.27. The summed E-state index contributed by atoms with van der Waals surface area (Å²) in [5.41, 5.74) is -2.60. The Morgan fingerprint density at radius 1 is 1.12 bits per heavy atom. The van der Waals surface area contributed by atoms with Crippen LogP contribution in [0.3, 0.4) is 0 Å². The molecular formula is C19H16ClF3N2O7. The molecule has 0 bridgehead atoms. The molecule has 172 valence electrons. The molecule has 0 spiro atoms. The monoisotopic (exact) mass is 476 g/mol. The highest BCUT2D eigenvalue weighted by atomic mass is 35.5. The highest BCUT2D eigenvalue weighted by Gasteiger charge is 2.32. The number of ether oxygens (including phenoxy) is 3. The zero-order valence-electron chi connectivity index (χ0n) is 16.8. The van der Waals surface area contributed by atoms with E-state index in [9.17, 15) is 32.9 Å². The molecule has 0 aliphatic heterocycles. The zero-order chi connectivity index (χ0) is 24.2. The molecular weight excluding hydrogens is 461 g/mol. The number of rotatable bonds is 7. The summed E-state index contributed by atoms with van der Waals surface area (Å²) in [6, 6.07) is 4.26. The summed E-state index contributed by atoms with van der Waals surface area (Å²) in [4.78, 5) is 35.3.